The van der Waals surface area contributed by atoms with Crippen LogP contribution >= 0.6 is 43.6 Å². The maximum atomic E-state index is 12.4. The standard InChI is InChI=1S/C13H17Br2NO2S2/c1-19-13(6-2-3-7-13)9-16-20(17,18)12-8-10(14)4-5-11(12)15/h4-5,8,16H,2-3,6-7,9H2,1H3. The summed E-state index contributed by atoms with van der Waals surface area (Å²) in [5.41, 5.74) is 0. The summed E-state index contributed by atoms with van der Waals surface area (Å²) in [4.78, 5) is 0.279. The Morgan fingerprint density at radius 1 is 1.30 bits per heavy atom. The molecule has 0 saturated heterocycles. The topological polar surface area (TPSA) is 46.2 Å². The van der Waals surface area contributed by atoms with Crippen molar-refractivity contribution in [2.45, 2.75) is 35.3 Å². The Kier molecular flexibility index (Phi) is 5.62. The molecule has 0 aromatic heterocycles. The normalized spacial score (nSPS) is 18.4. The lowest BCUT2D eigenvalue weighted by atomic mass is 10.1. The number of hydrogen-bond donors (Lipinski definition) is 1. The molecule has 1 aromatic carbocycles. The van der Waals surface area contributed by atoms with Crippen LogP contribution in [-0.4, -0.2) is 26.0 Å². The van der Waals surface area contributed by atoms with Crippen molar-refractivity contribution in [3.8, 4) is 0 Å². The predicted molar refractivity (Wildman–Crippen MR) is 91.7 cm³/mol. The molecular weight excluding hydrogens is 426 g/mol. The van der Waals surface area contributed by atoms with E-state index in [1.54, 1.807) is 23.9 Å². The van der Waals surface area contributed by atoms with Gasteiger partial charge in [-0.1, -0.05) is 28.8 Å². The summed E-state index contributed by atoms with van der Waals surface area (Å²) < 4.78 is 29.1. The molecule has 3 nitrogen and oxygen atoms in total. The molecule has 1 fully saturated rings. The fourth-order valence-electron chi connectivity index (χ4n) is 2.46. The van der Waals surface area contributed by atoms with E-state index in [0.717, 1.165) is 17.3 Å². The summed E-state index contributed by atoms with van der Waals surface area (Å²) >= 11 is 8.39. The average Bonchev–Trinajstić information content (AvgIpc) is 2.89. The van der Waals surface area contributed by atoms with Crippen molar-refractivity contribution >= 4 is 53.6 Å². The number of rotatable bonds is 5. The lowest BCUT2D eigenvalue weighted by Gasteiger charge is -2.26. The number of thioether (sulfide) groups is 1. The number of sulfonamides is 1. The van der Waals surface area contributed by atoms with Gasteiger partial charge in [0.15, 0.2) is 0 Å². The molecule has 0 atom stereocenters. The lowest BCUT2D eigenvalue weighted by molar-refractivity contribution is 0.551. The summed E-state index contributed by atoms with van der Waals surface area (Å²) in [6.45, 7) is 0.495. The van der Waals surface area contributed by atoms with Crippen molar-refractivity contribution in [2.75, 3.05) is 12.8 Å². The number of hydrogen-bond acceptors (Lipinski definition) is 3. The minimum atomic E-state index is -3.49. The van der Waals surface area contributed by atoms with Gasteiger partial charge in [-0.05, 0) is 53.2 Å². The van der Waals surface area contributed by atoms with Crippen molar-refractivity contribution in [1.82, 2.24) is 4.72 Å². The summed E-state index contributed by atoms with van der Waals surface area (Å²) in [7, 11) is -3.49. The maximum absolute atomic E-state index is 12.4. The van der Waals surface area contributed by atoms with E-state index in [1.807, 2.05) is 6.07 Å². The molecule has 0 radical (unpaired) electrons. The summed E-state index contributed by atoms with van der Waals surface area (Å²) in [6, 6.07) is 5.16. The fourth-order valence-corrected chi connectivity index (χ4v) is 6.09. The molecule has 1 aliphatic rings. The molecule has 1 saturated carbocycles. The summed E-state index contributed by atoms with van der Waals surface area (Å²) in [5, 5.41) is 0. The van der Waals surface area contributed by atoms with Gasteiger partial charge in [0.05, 0.1) is 4.90 Å². The Morgan fingerprint density at radius 2 is 1.95 bits per heavy atom. The van der Waals surface area contributed by atoms with Gasteiger partial charge in [-0.15, -0.1) is 0 Å². The smallest absolute Gasteiger partial charge is 0.210 e. The lowest BCUT2D eigenvalue weighted by Crippen LogP contribution is -2.38. The van der Waals surface area contributed by atoms with E-state index in [4.69, 9.17) is 0 Å². The van der Waals surface area contributed by atoms with Crippen LogP contribution in [0.4, 0.5) is 0 Å². The monoisotopic (exact) mass is 441 g/mol. The van der Waals surface area contributed by atoms with Gasteiger partial charge in [0.2, 0.25) is 10.0 Å². The zero-order valence-corrected chi connectivity index (χ0v) is 16.0. The Hall–Kier alpha value is 0.440. The molecule has 0 spiro atoms. The first kappa shape index (κ1) is 16.8. The Balaban J connectivity index is 2.17. The molecule has 1 aromatic rings. The van der Waals surface area contributed by atoms with E-state index in [9.17, 15) is 8.42 Å². The van der Waals surface area contributed by atoms with E-state index in [0.29, 0.717) is 11.0 Å². The Labute approximate surface area is 141 Å². The van der Waals surface area contributed by atoms with E-state index in [-0.39, 0.29) is 9.64 Å². The van der Waals surface area contributed by atoms with Gasteiger partial charge in [-0.2, -0.15) is 11.8 Å². The second kappa shape index (κ2) is 6.69. The molecule has 1 N–H and O–H groups in total. The molecule has 0 aliphatic heterocycles. The van der Waals surface area contributed by atoms with Gasteiger partial charge >= 0.3 is 0 Å². The molecule has 0 bridgehead atoms. The third-order valence-corrected chi connectivity index (χ3v) is 8.02. The summed E-state index contributed by atoms with van der Waals surface area (Å²) in [5.74, 6) is 0. The van der Waals surface area contributed by atoms with Crippen molar-refractivity contribution in [2.24, 2.45) is 0 Å². The van der Waals surface area contributed by atoms with Gasteiger partial charge in [-0.3, -0.25) is 0 Å². The first-order chi connectivity index (χ1) is 9.38. The molecule has 112 valence electrons. The average molecular weight is 443 g/mol. The Morgan fingerprint density at radius 3 is 2.55 bits per heavy atom. The minimum absolute atomic E-state index is 0.0611. The van der Waals surface area contributed by atoms with Gasteiger partial charge in [-0.25, -0.2) is 13.1 Å². The van der Waals surface area contributed by atoms with Crippen molar-refractivity contribution < 1.29 is 8.42 Å². The van der Waals surface area contributed by atoms with E-state index < -0.39 is 10.0 Å². The molecule has 1 aliphatic carbocycles. The van der Waals surface area contributed by atoms with Crippen molar-refractivity contribution in [3.63, 3.8) is 0 Å². The molecule has 0 heterocycles. The van der Waals surface area contributed by atoms with Crippen LogP contribution in [0.2, 0.25) is 0 Å². The molecule has 0 amide bonds. The third-order valence-electron chi connectivity index (χ3n) is 3.71. The highest BCUT2D eigenvalue weighted by Gasteiger charge is 2.34. The highest BCUT2D eigenvalue weighted by atomic mass is 79.9. The zero-order chi connectivity index (χ0) is 14.8. The van der Waals surface area contributed by atoms with E-state index in [2.05, 4.69) is 42.8 Å². The largest absolute Gasteiger partial charge is 0.241 e. The highest BCUT2D eigenvalue weighted by Crippen LogP contribution is 2.40. The highest BCUT2D eigenvalue weighted by molar-refractivity contribution is 9.11. The molecule has 2 rings (SSSR count). The van der Waals surface area contributed by atoms with Crippen LogP contribution in [-0.2, 0) is 10.0 Å². The van der Waals surface area contributed by atoms with Crippen molar-refractivity contribution in [1.29, 1.82) is 0 Å². The maximum Gasteiger partial charge on any atom is 0.241 e. The number of benzene rings is 1. The van der Waals surface area contributed by atoms with Gasteiger partial charge in [0, 0.05) is 20.2 Å². The predicted octanol–water partition coefficient (Wildman–Crippen LogP) is 4.17. The zero-order valence-electron chi connectivity index (χ0n) is 11.2. The van der Waals surface area contributed by atoms with Crippen LogP contribution in [0.1, 0.15) is 25.7 Å². The summed E-state index contributed by atoms with van der Waals surface area (Å²) in [6.07, 6.45) is 6.59. The second-order valence-corrected chi connectivity index (χ2v) is 9.77. The first-order valence-corrected chi connectivity index (χ1v) is 10.7. The van der Waals surface area contributed by atoms with Crippen LogP contribution in [0.15, 0.2) is 32.0 Å². The number of halogens is 2. The first-order valence-electron chi connectivity index (χ1n) is 6.38. The van der Waals surface area contributed by atoms with Gasteiger partial charge < -0.3 is 0 Å². The molecular formula is C13H17Br2NO2S2. The molecule has 20 heavy (non-hydrogen) atoms. The van der Waals surface area contributed by atoms with E-state index in [1.165, 1.54) is 12.8 Å². The third kappa shape index (κ3) is 3.80. The minimum Gasteiger partial charge on any atom is -0.210 e. The van der Waals surface area contributed by atoms with E-state index >= 15 is 0 Å². The second-order valence-electron chi connectivity index (χ2n) is 4.99. The Bertz CT molecular complexity index is 584. The van der Waals surface area contributed by atoms with Crippen LogP contribution in [0.5, 0.6) is 0 Å². The molecule has 0 unspecified atom stereocenters. The van der Waals surface area contributed by atoms with Crippen molar-refractivity contribution in [3.05, 3.63) is 27.1 Å². The number of nitrogens with one attached hydrogen (secondary N) is 1. The van der Waals surface area contributed by atoms with Crippen LogP contribution < -0.4 is 4.72 Å². The van der Waals surface area contributed by atoms with Crippen LogP contribution in [0, 0.1) is 0 Å². The SMILES string of the molecule is CSC1(CNS(=O)(=O)c2cc(Br)ccc2Br)CCCC1. The molecule has 7 heteroatoms. The van der Waals surface area contributed by atoms with Crippen LogP contribution in [0.25, 0.3) is 0 Å². The fraction of sp³-hybridized carbons (Fsp3) is 0.538. The quantitative estimate of drug-likeness (QED) is 0.744. The van der Waals surface area contributed by atoms with Gasteiger partial charge in [0.1, 0.15) is 0 Å². The van der Waals surface area contributed by atoms with Crippen LogP contribution in [0.3, 0.4) is 0 Å². The van der Waals surface area contributed by atoms with Gasteiger partial charge in [0.25, 0.3) is 0 Å².